The number of hydrogen-bond donors (Lipinski definition) is 3. The van der Waals surface area contributed by atoms with Gasteiger partial charge in [-0.2, -0.15) is 11.8 Å². The number of nitrogens with one attached hydrogen (secondary N) is 2. The summed E-state index contributed by atoms with van der Waals surface area (Å²) in [5.41, 5.74) is 2.54. The van der Waals surface area contributed by atoms with E-state index in [-0.39, 0.29) is 30.0 Å². The lowest BCUT2D eigenvalue weighted by Gasteiger charge is -2.23. The van der Waals surface area contributed by atoms with E-state index in [9.17, 15) is 9.90 Å². The average molecular weight is 294 g/mol. The predicted molar refractivity (Wildman–Crippen MR) is 83.0 cm³/mol. The molecule has 0 fully saturated rings. The molecule has 0 radical (unpaired) electrons. The molecule has 0 aromatic heterocycles. The van der Waals surface area contributed by atoms with E-state index < -0.39 is 0 Å². The lowest BCUT2D eigenvalue weighted by molar-refractivity contribution is 0.229. The summed E-state index contributed by atoms with van der Waals surface area (Å²) in [4.78, 5) is 12.0. The van der Waals surface area contributed by atoms with Gasteiger partial charge >= 0.3 is 6.03 Å². The number of urea groups is 1. The number of amides is 2. The van der Waals surface area contributed by atoms with Crippen molar-refractivity contribution in [1.29, 1.82) is 0 Å². The molecule has 20 heavy (non-hydrogen) atoms. The molecule has 3 atom stereocenters. The minimum absolute atomic E-state index is 0.0246. The first-order chi connectivity index (χ1) is 9.65. The Morgan fingerprint density at radius 3 is 2.95 bits per heavy atom. The molecule has 2 rings (SSSR count). The maximum absolute atomic E-state index is 12.0. The number of thioether (sulfide) groups is 1. The third-order valence-corrected chi connectivity index (χ3v) is 5.00. The zero-order chi connectivity index (χ0) is 14.5. The summed E-state index contributed by atoms with van der Waals surface area (Å²) in [6.45, 7) is 1.98. The van der Waals surface area contributed by atoms with E-state index >= 15 is 0 Å². The van der Waals surface area contributed by atoms with Gasteiger partial charge in [-0.3, -0.25) is 0 Å². The first-order valence-corrected chi connectivity index (χ1v) is 8.23. The molecule has 3 N–H and O–H groups in total. The van der Waals surface area contributed by atoms with Crippen LogP contribution >= 0.6 is 11.8 Å². The van der Waals surface area contributed by atoms with Crippen molar-refractivity contribution in [3.05, 3.63) is 35.4 Å². The van der Waals surface area contributed by atoms with Crippen molar-refractivity contribution in [1.82, 2.24) is 10.6 Å². The van der Waals surface area contributed by atoms with Crippen LogP contribution in [0.3, 0.4) is 0 Å². The summed E-state index contributed by atoms with van der Waals surface area (Å²) < 4.78 is 0. The molecule has 2 amide bonds. The van der Waals surface area contributed by atoms with Crippen LogP contribution < -0.4 is 10.6 Å². The van der Waals surface area contributed by atoms with Gasteiger partial charge in [0.1, 0.15) is 0 Å². The fourth-order valence-corrected chi connectivity index (χ4v) is 3.27. The van der Waals surface area contributed by atoms with Gasteiger partial charge in [0.25, 0.3) is 0 Å². The quantitative estimate of drug-likeness (QED) is 0.779. The zero-order valence-electron chi connectivity index (χ0n) is 11.9. The Morgan fingerprint density at radius 1 is 1.50 bits per heavy atom. The van der Waals surface area contributed by atoms with Crippen molar-refractivity contribution < 1.29 is 9.90 Å². The van der Waals surface area contributed by atoms with Crippen LogP contribution in [-0.2, 0) is 6.42 Å². The van der Waals surface area contributed by atoms with Gasteiger partial charge in [0, 0.05) is 11.3 Å². The number of carbonyl (C=O) groups is 1. The molecular formula is C15H22N2O2S. The molecular weight excluding hydrogens is 272 g/mol. The van der Waals surface area contributed by atoms with Gasteiger partial charge in [-0.15, -0.1) is 0 Å². The predicted octanol–water partition coefficient (Wildman–Crippen LogP) is 2.09. The molecule has 0 saturated heterocycles. The first kappa shape index (κ1) is 15.2. The number of aryl methyl sites for hydroxylation is 1. The van der Waals surface area contributed by atoms with Crippen molar-refractivity contribution >= 4 is 17.8 Å². The monoisotopic (exact) mass is 294 g/mol. The normalized spacial score (nSPS) is 20.1. The number of aliphatic hydroxyl groups excluding tert-OH is 1. The van der Waals surface area contributed by atoms with E-state index in [0.29, 0.717) is 0 Å². The topological polar surface area (TPSA) is 61.4 Å². The number of aliphatic hydroxyl groups is 1. The SMILES string of the molecule is CSC(CO)C(C)NC(=O)NC1CCc2ccccc21. The van der Waals surface area contributed by atoms with E-state index in [4.69, 9.17) is 0 Å². The Balaban J connectivity index is 1.90. The van der Waals surface area contributed by atoms with Gasteiger partial charge in [0.05, 0.1) is 12.6 Å². The van der Waals surface area contributed by atoms with Gasteiger partial charge in [-0.1, -0.05) is 24.3 Å². The van der Waals surface area contributed by atoms with Crippen molar-refractivity contribution in [2.75, 3.05) is 12.9 Å². The molecule has 1 aromatic carbocycles. The van der Waals surface area contributed by atoms with Crippen molar-refractivity contribution in [3.63, 3.8) is 0 Å². The van der Waals surface area contributed by atoms with Gasteiger partial charge < -0.3 is 15.7 Å². The minimum atomic E-state index is -0.160. The zero-order valence-corrected chi connectivity index (χ0v) is 12.7. The van der Waals surface area contributed by atoms with Crippen LogP contribution in [0.1, 0.15) is 30.5 Å². The highest BCUT2D eigenvalue weighted by Gasteiger charge is 2.24. The molecule has 0 spiro atoms. The van der Waals surface area contributed by atoms with E-state index in [1.54, 1.807) is 11.8 Å². The van der Waals surface area contributed by atoms with Crippen LogP contribution in [0.25, 0.3) is 0 Å². The van der Waals surface area contributed by atoms with E-state index in [1.165, 1.54) is 11.1 Å². The molecule has 1 aliphatic rings. The van der Waals surface area contributed by atoms with Gasteiger partial charge in [-0.25, -0.2) is 4.79 Å². The van der Waals surface area contributed by atoms with E-state index in [2.05, 4.69) is 22.8 Å². The molecule has 1 aromatic rings. The maximum Gasteiger partial charge on any atom is 0.315 e. The van der Waals surface area contributed by atoms with Gasteiger partial charge in [-0.05, 0) is 37.1 Å². The molecule has 5 heteroatoms. The minimum Gasteiger partial charge on any atom is -0.395 e. The maximum atomic E-state index is 12.0. The molecule has 3 unspecified atom stereocenters. The summed E-state index contributed by atoms with van der Waals surface area (Å²) in [5, 5.41) is 15.2. The smallest absolute Gasteiger partial charge is 0.315 e. The van der Waals surface area contributed by atoms with Crippen LogP contribution in [-0.4, -0.2) is 35.3 Å². The number of carbonyl (C=O) groups excluding carboxylic acids is 1. The number of hydrogen-bond acceptors (Lipinski definition) is 3. The Kier molecular flexibility index (Phi) is 5.31. The Hall–Kier alpha value is -1.20. The number of fused-ring (bicyclic) bond motifs is 1. The molecule has 1 aliphatic carbocycles. The van der Waals surface area contributed by atoms with Crippen LogP contribution in [0.4, 0.5) is 4.79 Å². The Morgan fingerprint density at radius 2 is 2.25 bits per heavy atom. The lowest BCUT2D eigenvalue weighted by Crippen LogP contribution is -2.46. The highest BCUT2D eigenvalue weighted by Crippen LogP contribution is 2.30. The number of rotatable bonds is 5. The Bertz CT molecular complexity index is 463. The lowest BCUT2D eigenvalue weighted by atomic mass is 10.1. The van der Waals surface area contributed by atoms with E-state index in [0.717, 1.165) is 12.8 Å². The highest BCUT2D eigenvalue weighted by atomic mass is 32.2. The summed E-state index contributed by atoms with van der Waals surface area (Å²) in [6.07, 6.45) is 3.90. The van der Waals surface area contributed by atoms with Crippen molar-refractivity contribution in [2.45, 2.75) is 37.1 Å². The average Bonchev–Trinajstić information content (AvgIpc) is 2.83. The van der Waals surface area contributed by atoms with Crippen molar-refractivity contribution in [2.24, 2.45) is 0 Å². The standard InChI is InChI=1S/C15H22N2O2S/c1-10(14(9-18)20-2)16-15(19)17-13-8-7-11-5-3-4-6-12(11)13/h3-6,10,13-14,18H,7-9H2,1-2H3,(H2,16,17,19). The summed E-state index contributed by atoms with van der Waals surface area (Å²) in [7, 11) is 0. The van der Waals surface area contributed by atoms with Gasteiger partial charge in [0.15, 0.2) is 0 Å². The summed E-state index contributed by atoms with van der Waals surface area (Å²) in [5.74, 6) is 0. The fraction of sp³-hybridized carbons (Fsp3) is 0.533. The highest BCUT2D eigenvalue weighted by molar-refractivity contribution is 7.99. The second-order valence-corrected chi connectivity index (χ2v) is 6.23. The van der Waals surface area contributed by atoms with Gasteiger partial charge in [0.2, 0.25) is 0 Å². The van der Waals surface area contributed by atoms with Crippen molar-refractivity contribution in [3.8, 4) is 0 Å². The second kappa shape index (κ2) is 6.99. The molecule has 0 aliphatic heterocycles. The Labute approximate surface area is 124 Å². The molecule has 0 saturated carbocycles. The summed E-state index contributed by atoms with van der Waals surface area (Å²) in [6, 6.07) is 8.11. The van der Waals surface area contributed by atoms with Crippen LogP contribution in [0.15, 0.2) is 24.3 Å². The third-order valence-electron chi connectivity index (χ3n) is 3.84. The molecule has 4 nitrogen and oxygen atoms in total. The van der Waals surface area contributed by atoms with Crippen LogP contribution in [0, 0.1) is 0 Å². The first-order valence-electron chi connectivity index (χ1n) is 6.94. The second-order valence-electron chi connectivity index (χ2n) is 5.15. The van der Waals surface area contributed by atoms with E-state index in [1.807, 2.05) is 25.3 Å². The molecule has 110 valence electrons. The molecule has 0 heterocycles. The third kappa shape index (κ3) is 3.46. The fourth-order valence-electron chi connectivity index (χ4n) is 2.64. The summed E-state index contributed by atoms with van der Waals surface area (Å²) >= 11 is 1.56. The van der Waals surface area contributed by atoms with Crippen LogP contribution in [0.5, 0.6) is 0 Å². The largest absolute Gasteiger partial charge is 0.395 e. The molecule has 0 bridgehead atoms. The van der Waals surface area contributed by atoms with Crippen LogP contribution in [0.2, 0.25) is 0 Å². The number of benzene rings is 1.